The minimum Gasteiger partial charge on any atom is -0.494 e. The van der Waals surface area contributed by atoms with Gasteiger partial charge in [0.25, 0.3) is 0 Å². The molecule has 4 rings (SSSR count). The molecule has 2 heterocycles. The van der Waals surface area contributed by atoms with Crippen molar-refractivity contribution in [3.8, 4) is 17.2 Å². The normalized spacial score (nSPS) is 16.2. The van der Waals surface area contributed by atoms with Gasteiger partial charge in [0, 0.05) is 17.5 Å². The average molecular weight is 492 g/mol. The van der Waals surface area contributed by atoms with Gasteiger partial charge in [-0.3, -0.25) is 4.57 Å². The Morgan fingerprint density at radius 1 is 1.09 bits per heavy atom. The number of nitrogens with zero attached hydrogens (tertiary/aromatic N) is 3. The standard InChI is InChI=1S/C23H26ClN3O5S/c1-30-19-4-3-5-20(31-2)22(19)27-21(25-26-23(27)17-10-12-32-14-17)15-33(28,29)13-11-16-6-8-18(24)9-7-16/h3-9,17H,10-15H2,1-2H3/t17-/m1/s1. The summed E-state index contributed by atoms with van der Waals surface area (Å²) < 4.78 is 44.6. The molecule has 0 unspecified atom stereocenters. The number of hydrogen-bond donors (Lipinski definition) is 0. The number of sulfone groups is 1. The van der Waals surface area contributed by atoms with Gasteiger partial charge in [0.1, 0.15) is 28.8 Å². The number of methoxy groups -OCH3 is 2. The second-order valence-corrected chi connectivity index (χ2v) is 10.5. The van der Waals surface area contributed by atoms with Crippen molar-refractivity contribution in [3.05, 3.63) is 64.7 Å². The number of hydrogen-bond acceptors (Lipinski definition) is 7. The Labute approximate surface area is 198 Å². The molecule has 0 aliphatic carbocycles. The smallest absolute Gasteiger partial charge is 0.157 e. The molecule has 0 N–H and O–H groups in total. The van der Waals surface area contributed by atoms with Gasteiger partial charge in [-0.1, -0.05) is 29.8 Å². The number of aryl methyl sites for hydroxylation is 1. The van der Waals surface area contributed by atoms with Crippen molar-refractivity contribution in [3.63, 3.8) is 0 Å². The van der Waals surface area contributed by atoms with Gasteiger partial charge < -0.3 is 14.2 Å². The van der Waals surface area contributed by atoms with Crippen LogP contribution in [0.5, 0.6) is 11.5 Å². The van der Waals surface area contributed by atoms with Crippen molar-refractivity contribution in [1.29, 1.82) is 0 Å². The van der Waals surface area contributed by atoms with Crippen LogP contribution in [0.2, 0.25) is 5.02 Å². The van der Waals surface area contributed by atoms with Crippen LogP contribution in [-0.2, 0) is 26.7 Å². The summed E-state index contributed by atoms with van der Waals surface area (Å²) in [5.74, 6) is 1.74. The monoisotopic (exact) mass is 491 g/mol. The lowest BCUT2D eigenvalue weighted by atomic mass is 10.1. The predicted molar refractivity (Wildman–Crippen MR) is 125 cm³/mol. The maximum atomic E-state index is 13.1. The van der Waals surface area contributed by atoms with E-state index in [0.29, 0.717) is 53.5 Å². The fourth-order valence-electron chi connectivity index (χ4n) is 3.92. The van der Waals surface area contributed by atoms with E-state index in [4.69, 9.17) is 25.8 Å². The highest BCUT2D eigenvalue weighted by Gasteiger charge is 2.30. The number of halogens is 1. The molecule has 8 nitrogen and oxygen atoms in total. The highest BCUT2D eigenvalue weighted by molar-refractivity contribution is 7.90. The third-order valence-corrected chi connectivity index (χ3v) is 7.42. The molecular formula is C23H26ClN3O5S. The lowest BCUT2D eigenvalue weighted by Gasteiger charge is -2.19. The van der Waals surface area contributed by atoms with Crippen molar-refractivity contribution >= 4 is 21.4 Å². The first-order chi connectivity index (χ1) is 15.9. The minimum atomic E-state index is -3.49. The molecule has 0 radical (unpaired) electrons. The van der Waals surface area contributed by atoms with E-state index in [2.05, 4.69) is 10.2 Å². The van der Waals surface area contributed by atoms with Crippen LogP contribution in [-0.4, -0.2) is 56.4 Å². The molecule has 0 spiro atoms. The van der Waals surface area contributed by atoms with Gasteiger partial charge in [0.15, 0.2) is 15.7 Å². The molecule has 176 valence electrons. The molecule has 0 bridgehead atoms. The SMILES string of the molecule is COc1cccc(OC)c1-n1c(CS(=O)(=O)CCc2ccc(Cl)cc2)nnc1[C@@H]1CCOC1. The van der Waals surface area contributed by atoms with Gasteiger partial charge in [-0.2, -0.15) is 0 Å². The van der Waals surface area contributed by atoms with Crippen LogP contribution in [0, 0.1) is 0 Å². The third kappa shape index (κ3) is 5.31. The molecule has 33 heavy (non-hydrogen) atoms. The molecule has 0 amide bonds. The molecular weight excluding hydrogens is 466 g/mol. The van der Waals surface area contributed by atoms with E-state index in [1.165, 1.54) is 0 Å². The Morgan fingerprint density at radius 2 is 1.79 bits per heavy atom. The second-order valence-electron chi connectivity index (χ2n) is 7.85. The number of benzene rings is 2. The molecule has 10 heteroatoms. The fraction of sp³-hybridized carbons (Fsp3) is 0.391. The largest absolute Gasteiger partial charge is 0.494 e. The maximum absolute atomic E-state index is 13.1. The second kappa shape index (κ2) is 10.1. The Bertz CT molecular complexity index is 1180. The topological polar surface area (TPSA) is 92.5 Å². The van der Waals surface area contributed by atoms with E-state index in [-0.39, 0.29) is 17.4 Å². The van der Waals surface area contributed by atoms with Gasteiger partial charge in [-0.15, -0.1) is 10.2 Å². The van der Waals surface area contributed by atoms with E-state index in [9.17, 15) is 8.42 Å². The van der Waals surface area contributed by atoms with Crippen LogP contribution >= 0.6 is 11.6 Å². The van der Waals surface area contributed by atoms with Crippen LogP contribution in [0.25, 0.3) is 5.69 Å². The van der Waals surface area contributed by atoms with Crippen LogP contribution in [0.15, 0.2) is 42.5 Å². The van der Waals surface area contributed by atoms with E-state index in [1.54, 1.807) is 43.1 Å². The van der Waals surface area contributed by atoms with Crippen LogP contribution in [0.1, 0.15) is 29.6 Å². The fourth-order valence-corrected chi connectivity index (χ4v) is 5.31. The zero-order chi connectivity index (χ0) is 23.4. The van der Waals surface area contributed by atoms with E-state index in [1.807, 2.05) is 18.2 Å². The van der Waals surface area contributed by atoms with Crippen molar-refractivity contribution in [2.75, 3.05) is 33.2 Å². The van der Waals surface area contributed by atoms with Gasteiger partial charge in [-0.25, -0.2) is 8.42 Å². The summed E-state index contributed by atoms with van der Waals surface area (Å²) in [6, 6.07) is 12.6. The van der Waals surface area contributed by atoms with E-state index >= 15 is 0 Å². The van der Waals surface area contributed by atoms with Crippen LogP contribution < -0.4 is 9.47 Å². The number of ether oxygens (including phenoxy) is 3. The molecule has 1 atom stereocenters. The zero-order valence-electron chi connectivity index (χ0n) is 18.5. The first-order valence-corrected chi connectivity index (χ1v) is 12.8. The van der Waals surface area contributed by atoms with Gasteiger partial charge in [-0.05, 0) is 42.7 Å². The molecule has 1 saturated heterocycles. The van der Waals surface area contributed by atoms with Crippen molar-refractivity contribution in [2.24, 2.45) is 0 Å². The van der Waals surface area contributed by atoms with Gasteiger partial charge in [0.2, 0.25) is 0 Å². The van der Waals surface area contributed by atoms with Crippen LogP contribution in [0.4, 0.5) is 0 Å². The minimum absolute atomic E-state index is 0.00219. The summed E-state index contributed by atoms with van der Waals surface area (Å²) in [7, 11) is -0.374. The molecule has 3 aromatic rings. The lowest BCUT2D eigenvalue weighted by molar-refractivity contribution is 0.193. The summed E-state index contributed by atoms with van der Waals surface area (Å²) >= 11 is 5.92. The first kappa shape index (κ1) is 23.5. The third-order valence-electron chi connectivity index (χ3n) is 5.64. The summed E-state index contributed by atoms with van der Waals surface area (Å²) in [5.41, 5.74) is 1.48. The van der Waals surface area contributed by atoms with Crippen molar-refractivity contribution < 1.29 is 22.6 Å². The molecule has 1 aliphatic heterocycles. The molecule has 1 aromatic heterocycles. The highest BCUT2D eigenvalue weighted by Crippen LogP contribution is 2.37. The highest BCUT2D eigenvalue weighted by atomic mass is 35.5. The number of para-hydroxylation sites is 1. The maximum Gasteiger partial charge on any atom is 0.157 e. The predicted octanol–water partition coefficient (Wildman–Crippen LogP) is 3.60. The first-order valence-electron chi connectivity index (χ1n) is 10.6. The van der Waals surface area contributed by atoms with E-state index in [0.717, 1.165) is 12.0 Å². The zero-order valence-corrected chi connectivity index (χ0v) is 20.1. The summed E-state index contributed by atoms with van der Waals surface area (Å²) in [4.78, 5) is 0. The summed E-state index contributed by atoms with van der Waals surface area (Å²) in [5, 5.41) is 9.28. The molecule has 2 aromatic carbocycles. The van der Waals surface area contributed by atoms with Crippen LogP contribution in [0.3, 0.4) is 0 Å². The van der Waals surface area contributed by atoms with Gasteiger partial charge >= 0.3 is 0 Å². The van der Waals surface area contributed by atoms with Crippen molar-refractivity contribution in [2.45, 2.75) is 24.5 Å². The number of aromatic nitrogens is 3. The Hall–Kier alpha value is -2.62. The lowest BCUT2D eigenvalue weighted by Crippen LogP contribution is -2.17. The quantitative estimate of drug-likeness (QED) is 0.451. The van der Waals surface area contributed by atoms with E-state index < -0.39 is 9.84 Å². The Morgan fingerprint density at radius 3 is 2.39 bits per heavy atom. The Kier molecular flexibility index (Phi) is 7.21. The Balaban J connectivity index is 1.70. The van der Waals surface area contributed by atoms with Crippen molar-refractivity contribution in [1.82, 2.24) is 14.8 Å². The van der Waals surface area contributed by atoms with Gasteiger partial charge in [0.05, 0.1) is 26.6 Å². The number of rotatable bonds is 9. The molecule has 0 saturated carbocycles. The molecule has 1 aliphatic rings. The summed E-state index contributed by atoms with van der Waals surface area (Å²) in [6.07, 6.45) is 1.16. The average Bonchev–Trinajstić information content (AvgIpc) is 3.48. The molecule has 1 fully saturated rings. The summed E-state index contributed by atoms with van der Waals surface area (Å²) in [6.45, 7) is 1.12.